The molecule has 1 aliphatic carbocycles. The molecule has 37 heavy (non-hydrogen) atoms. The number of hydrogen-bond acceptors (Lipinski definition) is 2. The van der Waals surface area contributed by atoms with Gasteiger partial charge in [0.15, 0.2) is 0 Å². The summed E-state index contributed by atoms with van der Waals surface area (Å²) in [7, 11) is 0. The van der Waals surface area contributed by atoms with Crippen molar-refractivity contribution in [2.45, 2.75) is 46.0 Å². The van der Waals surface area contributed by atoms with E-state index in [-0.39, 0.29) is 0 Å². The second-order valence-corrected chi connectivity index (χ2v) is 10.5. The molecule has 0 spiro atoms. The van der Waals surface area contributed by atoms with Crippen LogP contribution in [0.25, 0.3) is 11.1 Å². The van der Waals surface area contributed by atoms with Crippen molar-refractivity contribution in [3.63, 3.8) is 0 Å². The van der Waals surface area contributed by atoms with Gasteiger partial charge in [0.05, 0.1) is 18.6 Å². The van der Waals surface area contributed by atoms with Gasteiger partial charge in [-0.3, -0.25) is 0 Å². The van der Waals surface area contributed by atoms with Gasteiger partial charge in [0.2, 0.25) is 0 Å². The summed E-state index contributed by atoms with van der Waals surface area (Å²) in [6.07, 6.45) is 2.23. The van der Waals surface area contributed by atoms with E-state index in [1.54, 1.807) is 0 Å². The lowest BCUT2D eigenvalue weighted by atomic mass is 9.68. The van der Waals surface area contributed by atoms with Crippen molar-refractivity contribution in [2.24, 2.45) is 11.8 Å². The van der Waals surface area contributed by atoms with Crippen molar-refractivity contribution in [3.05, 3.63) is 119 Å². The van der Waals surface area contributed by atoms with E-state index >= 15 is 0 Å². The van der Waals surface area contributed by atoms with Gasteiger partial charge in [-0.15, -0.1) is 0 Å². The van der Waals surface area contributed by atoms with E-state index in [2.05, 4.69) is 125 Å². The van der Waals surface area contributed by atoms with Gasteiger partial charge < -0.3 is 9.47 Å². The van der Waals surface area contributed by atoms with E-state index in [1.807, 2.05) is 0 Å². The van der Waals surface area contributed by atoms with Crippen LogP contribution in [0.5, 0.6) is 11.5 Å². The SMILES string of the molecule is CCC(C)COc1ccc(C2(c3ccc(OCC(C)CC)cc3)c3ccccc3-c3ccccc32)cc1. The molecule has 0 N–H and O–H groups in total. The van der Waals surface area contributed by atoms with Crippen LogP contribution in [0, 0.1) is 11.8 Å². The van der Waals surface area contributed by atoms with Crippen LogP contribution in [0.15, 0.2) is 97.1 Å². The molecule has 0 saturated carbocycles. The lowest BCUT2D eigenvalue weighted by molar-refractivity contribution is 0.256. The molecule has 190 valence electrons. The fourth-order valence-electron chi connectivity index (χ4n) is 5.34. The molecule has 2 heteroatoms. The number of benzene rings is 4. The number of ether oxygens (including phenoxy) is 2. The van der Waals surface area contributed by atoms with Gasteiger partial charge in [0, 0.05) is 0 Å². The van der Waals surface area contributed by atoms with Crippen molar-refractivity contribution in [1.29, 1.82) is 0 Å². The Balaban J connectivity index is 1.61. The van der Waals surface area contributed by atoms with Gasteiger partial charge in [-0.05, 0) is 69.5 Å². The van der Waals surface area contributed by atoms with Gasteiger partial charge >= 0.3 is 0 Å². The van der Waals surface area contributed by atoms with E-state index < -0.39 is 5.41 Å². The van der Waals surface area contributed by atoms with Gasteiger partial charge in [-0.25, -0.2) is 0 Å². The van der Waals surface area contributed by atoms with Crippen molar-refractivity contribution >= 4 is 0 Å². The summed E-state index contributed by atoms with van der Waals surface area (Å²) in [5, 5.41) is 0. The third-order valence-corrected chi connectivity index (χ3v) is 7.99. The summed E-state index contributed by atoms with van der Waals surface area (Å²) in [5.41, 5.74) is 7.32. The van der Waals surface area contributed by atoms with Gasteiger partial charge in [0.1, 0.15) is 11.5 Å². The Hall–Kier alpha value is -3.52. The first kappa shape index (κ1) is 25.1. The average molecular weight is 491 g/mol. The maximum Gasteiger partial charge on any atom is 0.119 e. The quantitative estimate of drug-likeness (QED) is 0.195. The molecule has 0 amide bonds. The first-order chi connectivity index (χ1) is 18.1. The third-order valence-electron chi connectivity index (χ3n) is 7.99. The molecule has 1 aliphatic rings. The van der Waals surface area contributed by atoms with Crippen LogP contribution in [-0.2, 0) is 5.41 Å². The van der Waals surface area contributed by atoms with Crippen LogP contribution in [0.1, 0.15) is 62.8 Å². The van der Waals surface area contributed by atoms with Crippen molar-refractivity contribution < 1.29 is 9.47 Å². The highest BCUT2D eigenvalue weighted by Gasteiger charge is 2.45. The molecule has 2 atom stereocenters. The topological polar surface area (TPSA) is 18.5 Å². The maximum absolute atomic E-state index is 6.11. The molecular formula is C35H38O2. The Morgan fingerprint density at radius 3 is 1.30 bits per heavy atom. The highest BCUT2D eigenvalue weighted by atomic mass is 16.5. The normalized spacial score (nSPS) is 14.9. The summed E-state index contributed by atoms with van der Waals surface area (Å²) >= 11 is 0. The monoisotopic (exact) mass is 490 g/mol. The molecule has 0 bridgehead atoms. The van der Waals surface area contributed by atoms with Crippen molar-refractivity contribution in [3.8, 4) is 22.6 Å². The summed E-state index contributed by atoms with van der Waals surface area (Å²) in [5.74, 6) is 2.93. The van der Waals surface area contributed by atoms with Gasteiger partial charge in [-0.2, -0.15) is 0 Å². The summed E-state index contributed by atoms with van der Waals surface area (Å²) in [6.45, 7) is 10.3. The minimum atomic E-state index is -0.405. The van der Waals surface area contributed by atoms with E-state index in [0.717, 1.165) is 37.6 Å². The minimum absolute atomic E-state index is 0.405. The zero-order chi connectivity index (χ0) is 25.8. The average Bonchev–Trinajstić information content (AvgIpc) is 3.26. The number of hydrogen-bond donors (Lipinski definition) is 0. The third kappa shape index (κ3) is 4.66. The molecule has 0 saturated heterocycles. The predicted octanol–water partition coefficient (Wildman–Crippen LogP) is 8.90. The van der Waals surface area contributed by atoms with E-state index in [0.29, 0.717) is 11.8 Å². The summed E-state index contributed by atoms with van der Waals surface area (Å²) in [4.78, 5) is 0. The molecule has 0 fully saturated rings. The standard InChI is InChI=1S/C35H38O2/c1-5-25(3)23-36-29-19-15-27(16-20-29)35(28-17-21-30(22-18-28)37-24-26(4)6-2)33-13-9-7-11-31(33)32-12-8-10-14-34(32)35/h7-22,25-26H,5-6,23-24H2,1-4H3. The Kier molecular flexibility index (Phi) is 7.37. The summed E-state index contributed by atoms with van der Waals surface area (Å²) < 4.78 is 12.2. The molecule has 0 aromatic heterocycles. The fourth-order valence-corrected chi connectivity index (χ4v) is 5.34. The highest BCUT2D eigenvalue weighted by molar-refractivity contribution is 5.86. The first-order valence-electron chi connectivity index (χ1n) is 13.7. The van der Waals surface area contributed by atoms with E-state index in [9.17, 15) is 0 Å². The predicted molar refractivity (Wildman–Crippen MR) is 154 cm³/mol. The smallest absolute Gasteiger partial charge is 0.119 e. The van der Waals surface area contributed by atoms with Crippen LogP contribution < -0.4 is 9.47 Å². The van der Waals surface area contributed by atoms with Crippen LogP contribution >= 0.6 is 0 Å². The molecule has 0 radical (unpaired) electrons. The second-order valence-electron chi connectivity index (χ2n) is 10.5. The van der Waals surface area contributed by atoms with Gasteiger partial charge in [-0.1, -0.05) is 113 Å². The second kappa shape index (κ2) is 10.8. The van der Waals surface area contributed by atoms with Crippen LogP contribution in [0.2, 0.25) is 0 Å². The van der Waals surface area contributed by atoms with Crippen LogP contribution in [-0.4, -0.2) is 13.2 Å². The molecular weight excluding hydrogens is 452 g/mol. The minimum Gasteiger partial charge on any atom is -0.493 e. The highest BCUT2D eigenvalue weighted by Crippen LogP contribution is 2.56. The number of fused-ring (bicyclic) bond motifs is 3. The fraction of sp³-hybridized carbons (Fsp3) is 0.314. The zero-order valence-electron chi connectivity index (χ0n) is 22.5. The first-order valence-corrected chi connectivity index (χ1v) is 13.7. The zero-order valence-corrected chi connectivity index (χ0v) is 22.5. The largest absolute Gasteiger partial charge is 0.493 e. The maximum atomic E-state index is 6.11. The summed E-state index contributed by atoms with van der Waals surface area (Å²) in [6, 6.07) is 35.2. The van der Waals surface area contributed by atoms with E-state index in [4.69, 9.17) is 9.47 Å². The van der Waals surface area contributed by atoms with Crippen LogP contribution in [0.3, 0.4) is 0 Å². The van der Waals surface area contributed by atoms with Crippen molar-refractivity contribution in [2.75, 3.05) is 13.2 Å². The Morgan fingerprint density at radius 2 is 0.919 bits per heavy atom. The lowest BCUT2D eigenvalue weighted by Gasteiger charge is -2.34. The Labute approximate surface area is 222 Å². The lowest BCUT2D eigenvalue weighted by Crippen LogP contribution is -2.28. The number of rotatable bonds is 10. The Bertz CT molecular complexity index is 1220. The molecule has 4 aromatic carbocycles. The molecule has 5 rings (SSSR count). The molecule has 0 heterocycles. The molecule has 2 nitrogen and oxygen atoms in total. The molecule has 4 aromatic rings. The Morgan fingerprint density at radius 1 is 0.541 bits per heavy atom. The van der Waals surface area contributed by atoms with Crippen LogP contribution in [0.4, 0.5) is 0 Å². The molecule has 0 aliphatic heterocycles. The van der Waals surface area contributed by atoms with E-state index in [1.165, 1.54) is 33.4 Å². The van der Waals surface area contributed by atoms with Gasteiger partial charge in [0.25, 0.3) is 0 Å². The molecule has 2 unspecified atom stereocenters. The van der Waals surface area contributed by atoms with Crippen molar-refractivity contribution in [1.82, 2.24) is 0 Å².